The Morgan fingerprint density at radius 2 is 1.84 bits per heavy atom. The number of hydrogen-bond donors (Lipinski definition) is 2. The maximum atomic E-state index is 13.3. The Morgan fingerprint density at radius 3 is 2.55 bits per heavy atom. The highest BCUT2D eigenvalue weighted by atomic mass is 35.5. The van der Waals surface area contributed by atoms with Crippen molar-refractivity contribution in [3.63, 3.8) is 0 Å². The van der Waals surface area contributed by atoms with E-state index in [4.69, 9.17) is 16.6 Å². The van der Waals surface area contributed by atoms with E-state index in [1.54, 1.807) is 10.4 Å². The first-order chi connectivity index (χ1) is 14.8. The Bertz CT molecular complexity index is 1080. The number of hydrogen-bond acceptors (Lipinski definition) is 5. The van der Waals surface area contributed by atoms with Crippen LogP contribution in [-0.2, 0) is 16.6 Å². The largest absolute Gasteiger partial charge is 0.368 e. The number of nitrogens with zero attached hydrogens (tertiary/aromatic N) is 2. The zero-order valence-electron chi connectivity index (χ0n) is 18.0. The lowest BCUT2D eigenvalue weighted by atomic mass is 9.85. The molecule has 2 heterocycles. The van der Waals surface area contributed by atoms with Crippen molar-refractivity contribution in [1.29, 1.82) is 0 Å². The molecule has 0 unspecified atom stereocenters. The van der Waals surface area contributed by atoms with Crippen LogP contribution in [0.3, 0.4) is 0 Å². The monoisotopic (exact) mass is 460 g/mol. The maximum absolute atomic E-state index is 13.3. The van der Waals surface area contributed by atoms with E-state index in [0.717, 1.165) is 35.6 Å². The Balaban J connectivity index is 1.47. The Morgan fingerprint density at radius 1 is 1.13 bits per heavy atom. The average Bonchev–Trinajstić information content (AvgIpc) is 2.76. The normalized spacial score (nSPS) is 19.3. The molecule has 2 aliphatic rings. The fourth-order valence-corrected chi connectivity index (χ4v) is 6.23. The van der Waals surface area contributed by atoms with Crippen LogP contribution in [-0.4, -0.2) is 50.3 Å². The molecule has 8 heteroatoms. The zero-order valence-corrected chi connectivity index (χ0v) is 19.6. The molecule has 0 aliphatic carbocycles. The summed E-state index contributed by atoms with van der Waals surface area (Å²) in [6.07, 6.45) is 1.37. The van der Waals surface area contributed by atoms with Crippen molar-refractivity contribution in [2.24, 2.45) is 4.99 Å². The van der Waals surface area contributed by atoms with Gasteiger partial charge in [0, 0.05) is 31.2 Å². The highest BCUT2D eigenvalue weighted by Gasteiger charge is 2.43. The van der Waals surface area contributed by atoms with E-state index in [-0.39, 0.29) is 5.54 Å². The van der Waals surface area contributed by atoms with Crippen LogP contribution in [0.1, 0.15) is 29.5 Å². The molecule has 1 spiro atoms. The number of halogens is 1. The predicted molar refractivity (Wildman–Crippen MR) is 125 cm³/mol. The second kappa shape index (κ2) is 8.90. The summed E-state index contributed by atoms with van der Waals surface area (Å²) in [6, 6.07) is 13.4. The van der Waals surface area contributed by atoms with Gasteiger partial charge in [-0.2, -0.15) is 4.31 Å². The lowest BCUT2D eigenvalue weighted by molar-refractivity contribution is 0.241. The van der Waals surface area contributed by atoms with Crippen LogP contribution in [0.5, 0.6) is 0 Å². The molecule has 0 amide bonds. The number of nitrogens with one attached hydrogen (secondary N) is 2. The third-order valence-corrected chi connectivity index (χ3v) is 8.50. The van der Waals surface area contributed by atoms with Crippen molar-refractivity contribution in [2.45, 2.75) is 43.7 Å². The number of sulfonamides is 1. The zero-order chi connectivity index (χ0) is 22.1. The number of piperidine rings is 1. The topological polar surface area (TPSA) is 73.8 Å². The minimum atomic E-state index is -3.51. The van der Waals surface area contributed by atoms with E-state index in [9.17, 15) is 8.42 Å². The van der Waals surface area contributed by atoms with Crippen LogP contribution < -0.4 is 10.6 Å². The molecule has 2 aliphatic heterocycles. The molecule has 2 N–H and O–H groups in total. The van der Waals surface area contributed by atoms with Crippen LogP contribution in [0.4, 0.5) is 0 Å². The van der Waals surface area contributed by atoms with Crippen LogP contribution in [0.25, 0.3) is 0 Å². The molecule has 2 aromatic rings. The fourth-order valence-electron chi connectivity index (χ4n) is 4.36. The highest BCUT2D eigenvalue weighted by Crippen LogP contribution is 2.30. The average molecular weight is 461 g/mol. The first-order valence-electron chi connectivity index (χ1n) is 10.7. The minimum Gasteiger partial charge on any atom is -0.368 e. The van der Waals surface area contributed by atoms with Gasteiger partial charge >= 0.3 is 0 Å². The van der Waals surface area contributed by atoms with Gasteiger partial charge in [-0.05, 0) is 61.6 Å². The van der Waals surface area contributed by atoms with Crippen LogP contribution >= 0.6 is 11.6 Å². The minimum absolute atomic E-state index is 0.307. The Labute approximate surface area is 189 Å². The molecule has 1 saturated heterocycles. The van der Waals surface area contributed by atoms with Crippen molar-refractivity contribution < 1.29 is 8.42 Å². The summed E-state index contributed by atoms with van der Waals surface area (Å²) in [6.45, 7) is 6.88. The smallest absolute Gasteiger partial charge is 0.243 e. The van der Waals surface area contributed by atoms with E-state index >= 15 is 0 Å². The third kappa shape index (κ3) is 4.65. The van der Waals surface area contributed by atoms with Crippen molar-refractivity contribution in [2.75, 3.05) is 26.2 Å². The second-order valence-electron chi connectivity index (χ2n) is 8.39. The van der Waals surface area contributed by atoms with Crippen molar-refractivity contribution in [1.82, 2.24) is 14.9 Å². The summed E-state index contributed by atoms with van der Waals surface area (Å²) in [5, 5.41) is 7.84. The lowest BCUT2D eigenvalue weighted by Crippen LogP contribution is -2.64. The molecule has 1 fully saturated rings. The summed E-state index contributed by atoms with van der Waals surface area (Å²) in [5.74, 6) is 0.928. The first kappa shape index (κ1) is 22.3. The van der Waals surface area contributed by atoms with Crippen LogP contribution in [0.15, 0.2) is 52.4 Å². The van der Waals surface area contributed by atoms with Gasteiger partial charge < -0.3 is 10.6 Å². The molecule has 6 nitrogen and oxygen atoms in total. The van der Waals surface area contributed by atoms with Gasteiger partial charge in [-0.1, -0.05) is 35.9 Å². The van der Waals surface area contributed by atoms with Gasteiger partial charge in [0.15, 0.2) is 0 Å². The van der Waals surface area contributed by atoms with Gasteiger partial charge in [0.05, 0.1) is 17.0 Å². The summed E-state index contributed by atoms with van der Waals surface area (Å²) in [4.78, 5) is 5.17. The molecule has 166 valence electrons. The molecule has 0 aromatic heterocycles. The number of aliphatic imine (C=N–C) groups is 1. The molecule has 0 saturated carbocycles. The molecular weight excluding hydrogens is 432 g/mol. The third-order valence-electron chi connectivity index (χ3n) is 6.21. The molecule has 31 heavy (non-hydrogen) atoms. The van der Waals surface area contributed by atoms with Gasteiger partial charge in [-0.15, -0.1) is 0 Å². The summed E-state index contributed by atoms with van der Waals surface area (Å²) in [7, 11) is -3.51. The van der Waals surface area contributed by atoms with Gasteiger partial charge in [0.2, 0.25) is 10.0 Å². The highest BCUT2D eigenvalue weighted by molar-refractivity contribution is 7.89. The standard InChI is InChI=1S/C23H29ClN4O2S/c1-17-3-4-18(2)21(15-17)31(29,30)28-13-9-23(10-14-28)22(25-11-12-27-23)26-16-19-5-7-20(24)8-6-19/h3-8,15,27H,9-14,16H2,1-2H3,(H,25,26). The van der Waals surface area contributed by atoms with Gasteiger partial charge in [-0.3, -0.25) is 4.99 Å². The number of amidine groups is 1. The summed E-state index contributed by atoms with van der Waals surface area (Å²) >= 11 is 5.98. The molecular formula is C23H29ClN4O2S. The van der Waals surface area contributed by atoms with Gasteiger partial charge in [0.25, 0.3) is 0 Å². The van der Waals surface area contributed by atoms with E-state index in [1.807, 2.05) is 50.2 Å². The number of aryl methyl sites for hydroxylation is 2. The van der Waals surface area contributed by atoms with Gasteiger partial charge in [0.1, 0.15) is 5.84 Å². The van der Waals surface area contributed by atoms with Crippen LogP contribution in [0, 0.1) is 13.8 Å². The quantitative estimate of drug-likeness (QED) is 0.734. The van der Waals surface area contributed by atoms with E-state index in [2.05, 4.69) is 10.6 Å². The van der Waals surface area contributed by atoms with E-state index < -0.39 is 10.0 Å². The van der Waals surface area contributed by atoms with Crippen molar-refractivity contribution >= 4 is 27.5 Å². The lowest BCUT2D eigenvalue weighted by Gasteiger charge is -2.44. The molecule has 0 bridgehead atoms. The molecule has 2 aromatic carbocycles. The number of rotatable bonds is 4. The second-order valence-corrected chi connectivity index (χ2v) is 10.7. The number of benzene rings is 2. The maximum Gasteiger partial charge on any atom is 0.243 e. The SMILES string of the molecule is Cc1ccc(C)c(S(=O)(=O)N2CCC3(CC2)NCCN=C3NCc2ccc(Cl)cc2)c1. The van der Waals surface area contributed by atoms with Gasteiger partial charge in [-0.25, -0.2) is 8.42 Å². The Hall–Kier alpha value is -1.93. The van der Waals surface area contributed by atoms with Crippen molar-refractivity contribution in [3.05, 3.63) is 64.2 Å². The summed E-state index contributed by atoms with van der Waals surface area (Å²) < 4.78 is 28.2. The molecule has 0 atom stereocenters. The molecule has 0 radical (unpaired) electrons. The summed E-state index contributed by atoms with van der Waals surface area (Å²) in [5.41, 5.74) is 2.56. The van der Waals surface area contributed by atoms with Crippen molar-refractivity contribution in [3.8, 4) is 0 Å². The molecule has 4 rings (SSSR count). The van der Waals surface area contributed by atoms with E-state index in [1.165, 1.54) is 0 Å². The Kier molecular flexibility index (Phi) is 6.40. The fraction of sp³-hybridized carbons (Fsp3) is 0.435. The predicted octanol–water partition coefficient (Wildman–Crippen LogP) is 3.27. The van der Waals surface area contributed by atoms with E-state index in [0.29, 0.717) is 42.4 Å². The van der Waals surface area contributed by atoms with Crippen LogP contribution in [0.2, 0.25) is 5.02 Å². The first-order valence-corrected chi connectivity index (χ1v) is 12.5.